The van der Waals surface area contributed by atoms with E-state index in [0.29, 0.717) is 34.7 Å². The Balaban J connectivity index is 2.01. The van der Waals surface area contributed by atoms with Crippen molar-refractivity contribution in [1.29, 1.82) is 5.41 Å². The maximum Gasteiger partial charge on any atom is 0.227 e. The zero-order valence-corrected chi connectivity index (χ0v) is 13.3. The van der Waals surface area contributed by atoms with E-state index in [9.17, 15) is 3.89 Å². The summed E-state index contributed by atoms with van der Waals surface area (Å²) >= 11 is 0.152. The molecule has 0 radical (unpaired) electrons. The summed E-state index contributed by atoms with van der Waals surface area (Å²) in [6.45, 7) is 3.92. The minimum Gasteiger partial charge on any atom is -0.386 e. The van der Waals surface area contributed by atoms with Gasteiger partial charge in [0.25, 0.3) is 0 Å². The predicted molar refractivity (Wildman–Crippen MR) is 87.9 cm³/mol. The third kappa shape index (κ3) is 4.67. The van der Waals surface area contributed by atoms with E-state index in [4.69, 9.17) is 5.41 Å². The van der Waals surface area contributed by atoms with Crippen LogP contribution in [0.25, 0.3) is 0 Å². The van der Waals surface area contributed by atoms with Crippen LogP contribution in [0.4, 0.5) is 9.83 Å². The van der Waals surface area contributed by atoms with Crippen molar-refractivity contribution in [3.63, 3.8) is 0 Å². The lowest BCUT2D eigenvalue weighted by Gasteiger charge is -2.23. The Hall–Kier alpha value is -1.67. The Morgan fingerprint density at radius 2 is 2.32 bits per heavy atom. The molecule has 1 aliphatic rings. The van der Waals surface area contributed by atoms with E-state index in [1.807, 2.05) is 6.92 Å². The molecule has 1 fully saturated rings. The average Bonchev–Trinajstić information content (AvgIpc) is 2.59. The number of aryl methyl sites for hydroxylation is 1. The van der Waals surface area contributed by atoms with Crippen molar-refractivity contribution in [2.45, 2.75) is 37.1 Å². The summed E-state index contributed by atoms with van der Waals surface area (Å²) < 4.78 is 12.7. The highest BCUT2D eigenvalue weighted by Gasteiger charge is 2.11. The number of anilines is 1. The summed E-state index contributed by atoms with van der Waals surface area (Å²) in [5.74, 6) is 0.372. The van der Waals surface area contributed by atoms with Crippen LogP contribution >= 0.6 is 12.1 Å². The molecule has 4 N–H and O–H groups in total. The number of allylic oxidation sites excluding steroid dienone is 1. The summed E-state index contributed by atoms with van der Waals surface area (Å²) in [6, 6.07) is 0.412. The smallest absolute Gasteiger partial charge is 0.227 e. The zero-order chi connectivity index (χ0) is 15.8. The number of halogens is 1. The lowest BCUT2D eigenvalue weighted by molar-refractivity contribution is 0.419. The molecule has 22 heavy (non-hydrogen) atoms. The first kappa shape index (κ1) is 16.7. The fraction of sp³-hybridized carbons (Fsp3) is 0.500. The van der Waals surface area contributed by atoms with Crippen molar-refractivity contribution in [3.8, 4) is 0 Å². The summed E-state index contributed by atoms with van der Waals surface area (Å²) in [5.41, 5.74) is 1.22. The maximum atomic E-state index is 12.7. The minimum atomic E-state index is 0.152. The van der Waals surface area contributed by atoms with Crippen LogP contribution in [-0.2, 0) is 6.42 Å². The Labute approximate surface area is 134 Å². The molecule has 2 rings (SSSR count). The molecule has 0 atom stereocenters. The van der Waals surface area contributed by atoms with Crippen LogP contribution in [-0.4, -0.2) is 35.3 Å². The van der Waals surface area contributed by atoms with Gasteiger partial charge in [-0.3, -0.25) is 0 Å². The first-order valence-corrected chi connectivity index (χ1v) is 8.07. The van der Waals surface area contributed by atoms with Crippen LogP contribution in [0.1, 0.15) is 25.5 Å². The quantitative estimate of drug-likeness (QED) is 0.576. The van der Waals surface area contributed by atoms with Gasteiger partial charge in [-0.15, -0.1) is 0 Å². The molecule has 1 aliphatic heterocycles. The minimum absolute atomic E-state index is 0.152. The summed E-state index contributed by atoms with van der Waals surface area (Å²) in [6.07, 6.45) is 7.18. The van der Waals surface area contributed by atoms with Crippen molar-refractivity contribution in [1.82, 2.24) is 20.6 Å². The van der Waals surface area contributed by atoms with Gasteiger partial charge in [0.15, 0.2) is 0 Å². The molecule has 120 valence electrons. The normalized spacial score (nSPS) is 16.4. The molecule has 8 heteroatoms. The Morgan fingerprint density at radius 3 is 2.95 bits per heavy atom. The zero-order valence-electron chi connectivity index (χ0n) is 12.5. The molecule has 0 aliphatic carbocycles. The van der Waals surface area contributed by atoms with Crippen LogP contribution in [0.2, 0.25) is 0 Å². The van der Waals surface area contributed by atoms with Gasteiger partial charge in [-0.25, -0.2) is 9.97 Å². The number of rotatable bonds is 7. The standard InChI is InChI=1S/C14H21FN6S/c1-2-12-13(22-15)9-19-14(21-12)20-11(7-16)8-18-10-3-5-17-6-4-10/h7-10,16-18H,2-6H2,1H3,(H,19,20,21)/b11-8+,16-7?. The highest BCUT2D eigenvalue weighted by Crippen LogP contribution is 2.22. The summed E-state index contributed by atoms with van der Waals surface area (Å²) in [5, 5.41) is 17.1. The number of hydrogen-bond acceptors (Lipinski definition) is 7. The van der Waals surface area contributed by atoms with E-state index in [1.54, 1.807) is 6.20 Å². The first-order chi connectivity index (χ1) is 10.8. The van der Waals surface area contributed by atoms with Crippen LogP contribution < -0.4 is 16.0 Å². The lowest BCUT2D eigenvalue weighted by atomic mass is 10.1. The Morgan fingerprint density at radius 1 is 1.55 bits per heavy atom. The molecule has 0 amide bonds. The van der Waals surface area contributed by atoms with E-state index in [0.717, 1.165) is 25.9 Å². The second kappa shape index (κ2) is 8.70. The average molecular weight is 324 g/mol. The van der Waals surface area contributed by atoms with Gasteiger partial charge in [0.05, 0.1) is 28.4 Å². The molecule has 6 nitrogen and oxygen atoms in total. The summed E-state index contributed by atoms with van der Waals surface area (Å²) in [4.78, 5) is 8.79. The van der Waals surface area contributed by atoms with Crippen molar-refractivity contribution in [2.75, 3.05) is 18.4 Å². The third-order valence-corrected chi connectivity index (χ3v) is 3.98. The summed E-state index contributed by atoms with van der Waals surface area (Å²) in [7, 11) is 0. The molecule has 1 saturated heterocycles. The van der Waals surface area contributed by atoms with E-state index < -0.39 is 0 Å². The van der Waals surface area contributed by atoms with E-state index in [2.05, 4.69) is 25.9 Å². The monoisotopic (exact) mass is 324 g/mol. The SMILES string of the molecule is CCc1nc(N/C(C=N)=C/NC2CCNCC2)ncc1SF. The van der Waals surface area contributed by atoms with Crippen LogP contribution in [0.3, 0.4) is 0 Å². The molecule has 0 unspecified atom stereocenters. The number of hydrogen-bond donors (Lipinski definition) is 4. The van der Waals surface area contributed by atoms with E-state index in [-0.39, 0.29) is 12.1 Å². The van der Waals surface area contributed by atoms with E-state index in [1.165, 1.54) is 12.4 Å². The molecule has 0 bridgehead atoms. The molecule has 0 spiro atoms. The number of piperidine rings is 1. The second-order valence-electron chi connectivity index (χ2n) is 5.00. The van der Waals surface area contributed by atoms with Gasteiger partial charge in [0.2, 0.25) is 5.95 Å². The molecule has 2 heterocycles. The van der Waals surface area contributed by atoms with Crippen LogP contribution in [0.5, 0.6) is 0 Å². The van der Waals surface area contributed by atoms with Gasteiger partial charge in [0, 0.05) is 24.7 Å². The Kier molecular flexibility index (Phi) is 6.60. The highest BCUT2D eigenvalue weighted by atomic mass is 32.2. The third-order valence-electron chi connectivity index (χ3n) is 3.47. The molecular weight excluding hydrogens is 303 g/mol. The predicted octanol–water partition coefficient (Wildman–Crippen LogP) is 2.26. The molecule has 1 aromatic heterocycles. The Bertz CT molecular complexity index is 530. The molecular formula is C14H21FN6S. The largest absolute Gasteiger partial charge is 0.386 e. The van der Waals surface area contributed by atoms with E-state index >= 15 is 0 Å². The second-order valence-corrected chi connectivity index (χ2v) is 5.59. The number of nitrogens with zero attached hydrogens (tertiary/aromatic N) is 2. The van der Waals surface area contributed by atoms with Crippen molar-refractivity contribution < 1.29 is 3.89 Å². The van der Waals surface area contributed by atoms with Gasteiger partial charge in [-0.1, -0.05) is 6.92 Å². The van der Waals surface area contributed by atoms with Crippen molar-refractivity contribution >= 4 is 24.3 Å². The number of nitrogens with one attached hydrogen (secondary N) is 4. The van der Waals surface area contributed by atoms with Gasteiger partial charge >= 0.3 is 0 Å². The fourth-order valence-electron chi connectivity index (χ4n) is 2.22. The van der Waals surface area contributed by atoms with Gasteiger partial charge in [-0.2, -0.15) is 3.89 Å². The fourth-order valence-corrected chi connectivity index (χ4v) is 2.59. The lowest BCUT2D eigenvalue weighted by Crippen LogP contribution is -2.38. The molecule has 0 saturated carbocycles. The van der Waals surface area contributed by atoms with Crippen LogP contribution in [0, 0.1) is 5.41 Å². The van der Waals surface area contributed by atoms with Crippen molar-refractivity contribution in [3.05, 3.63) is 23.8 Å². The highest BCUT2D eigenvalue weighted by molar-refractivity contribution is 7.94. The maximum absolute atomic E-state index is 12.7. The molecule has 0 aromatic carbocycles. The van der Waals surface area contributed by atoms with Gasteiger partial charge < -0.3 is 21.4 Å². The first-order valence-electron chi connectivity index (χ1n) is 7.35. The van der Waals surface area contributed by atoms with Crippen LogP contribution in [0.15, 0.2) is 23.0 Å². The van der Waals surface area contributed by atoms with Crippen molar-refractivity contribution in [2.24, 2.45) is 0 Å². The number of aromatic nitrogens is 2. The molecule has 1 aromatic rings. The topological polar surface area (TPSA) is 85.7 Å². The van der Waals surface area contributed by atoms with Gasteiger partial charge in [-0.05, 0) is 32.4 Å². The van der Waals surface area contributed by atoms with Gasteiger partial charge in [0.1, 0.15) is 0 Å².